The lowest BCUT2D eigenvalue weighted by atomic mass is 9.66. The number of hydrogen-bond donors (Lipinski definition) is 0. The smallest absolute Gasteiger partial charge is 0.418 e. The Morgan fingerprint density at radius 3 is 2.35 bits per heavy atom. The van der Waals surface area contributed by atoms with Crippen molar-refractivity contribution in [1.29, 1.82) is 0 Å². The number of hydrogen-bond acceptors (Lipinski definition) is 7. The first-order valence-electron chi connectivity index (χ1n) is 18.1. The first-order chi connectivity index (χ1) is 24.5. The molecule has 0 N–H and O–H groups in total. The van der Waals surface area contributed by atoms with E-state index >= 15 is 0 Å². The van der Waals surface area contributed by atoms with Gasteiger partial charge >= 0.3 is 12.1 Å². The zero-order chi connectivity index (χ0) is 35.9. The van der Waals surface area contributed by atoms with E-state index in [0.29, 0.717) is 39.4 Å². The lowest BCUT2D eigenvalue weighted by molar-refractivity contribution is -0.174. The lowest BCUT2D eigenvalue weighted by Gasteiger charge is -2.56. The molecule has 3 heterocycles. The van der Waals surface area contributed by atoms with Gasteiger partial charge in [0.2, 0.25) is 5.91 Å². The largest absolute Gasteiger partial charge is 0.462 e. The molecule has 7 rings (SSSR count). The highest BCUT2D eigenvalue weighted by molar-refractivity contribution is 6.30. The maximum absolute atomic E-state index is 13.7. The monoisotopic (exact) mass is 711 g/mol. The number of piperidine rings is 1. The van der Waals surface area contributed by atoms with Gasteiger partial charge in [-0.2, -0.15) is 0 Å². The van der Waals surface area contributed by atoms with E-state index in [1.54, 1.807) is 25.3 Å². The number of anilines is 1. The summed E-state index contributed by atoms with van der Waals surface area (Å²) in [6.07, 6.45) is 7.27. The van der Waals surface area contributed by atoms with E-state index in [9.17, 15) is 14.4 Å². The van der Waals surface area contributed by atoms with Gasteiger partial charge in [0.1, 0.15) is 22.7 Å². The quantitative estimate of drug-likeness (QED) is 0.133. The lowest BCUT2D eigenvalue weighted by Crippen LogP contribution is -2.63. The molecule has 1 atom stereocenters. The van der Waals surface area contributed by atoms with E-state index in [-0.39, 0.29) is 18.1 Å². The van der Waals surface area contributed by atoms with Crippen LogP contribution >= 0.6 is 11.6 Å². The summed E-state index contributed by atoms with van der Waals surface area (Å²) in [4.78, 5) is 43.9. The maximum Gasteiger partial charge on any atom is 0.418 e. The molecule has 1 saturated carbocycles. The Balaban J connectivity index is 1.06. The summed E-state index contributed by atoms with van der Waals surface area (Å²) in [7, 11) is 0. The molecule has 0 radical (unpaired) electrons. The van der Waals surface area contributed by atoms with Gasteiger partial charge in [-0.3, -0.25) is 9.36 Å². The molecule has 268 valence electrons. The molecule has 3 fully saturated rings. The van der Waals surface area contributed by atoms with Gasteiger partial charge in [-0.1, -0.05) is 36.6 Å². The topological polar surface area (TPSA) is 90.3 Å². The summed E-state index contributed by atoms with van der Waals surface area (Å²) >= 11 is 6.22. The molecule has 1 aromatic heterocycles. The van der Waals surface area contributed by atoms with Crippen LogP contribution < -0.4 is 9.64 Å². The van der Waals surface area contributed by atoms with E-state index in [1.807, 2.05) is 63.2 Å². The SMILES string of the molecule is CCOC(=O)c1ccc(N2CCC(CN3C(=O)C4(CCCC4)C3c3ccc(Cl)cc3)CC2)cc1Oc1ccc2c(ccn2C(=O)OC(C)(C)C)c1. The van der Waals surface area contributed by atoms with Crippen molar-refractivity contribution in [2.45, 2.75) is 77.9 Å². The van der Waals surface area contributed by atoms with Crippen LogP contribution in [0.1, 0.15) is 88.2 Å². The van der Waals surface area contributed by atoms with Crippen LogP contribution in [-0.2, 0) is 14.3 Å². The molecule has 4 aromatic rings. The number of likely N-dealkylation sites (tertiary alicyclic amines) is 1. The highest BCUT2D eigenvalue weighted by Gasteiger charge is 2.61. The average molecular weight is 712 g/mol. The molecule has 3 aromatic carbocycles. The van der Waals surface area contributed by atoms with Crippen molar-refractivity contribution in [2.75, 3.05) is 31.1 Å². The molecule has 10 heteroatoms. The molecule has 0 bridgehead atoms. The number of nitrogens with zero attached hydrogens (tertiary/aromatic N) is 3. The summed E-state index contributed by atoms with van der Waals surface area (Å²) in [6.45, 7) is 9.93. The summed E-state index contributed by atoms with van der Waals surface area (Å²) in [5.74, 6) is 1.19. The summed E-state index contributed by atoms with van der Waals surface area (Å²) in [5.41, 5.74) is 2.31. The molecule has 1 aliphatic carbocycles. The van der Waals surface area contributed by atoms with Gasteiger partial charge < -0.3 is 24.0 Å². The number of halogens is 1. The van der Waals surface area contributed by atoms with Gasteiger partial charge in [-0.05, 0) is 113 Å². The molecular formula is C41H46ClN3O6. The van der Waals surface area contributed by atoms with E-state index in [0.717, 1.165) is 69.2 Å². The molecular weight excluding hydrogens is 666 g/mol. The zero-order valence-corrected chi connectivity index (χ0v) is 30.6. The van der Waals surface area contributed by atoms with Crippen molar-refractivity contribution in [1.82, 2.24) is 9.47 Å². The van der Waals surface area contributed by atoms with E-state index < -0.39 is 17.7 Å². The van der Waals surface area contributed by atoms with Crippen LogP contribution in [0.25, 0.3) is 10.9 Å². The number of benzene rings is 3. The van der Waals surface area contributed by atoms with Gasteiger partial charge in [0.25, 0.3) is 0 Å². The fraction of sp³-hybridized carbons (Fsp3) is 0.439. The Morgan fingerprint density at radius 1 is 0.941 bits per heavy atom. The minimum absolute atomic E-state index is 0.119. The number of aromatic nitrogens is 1. The second kappa shape index (κ2) is 13.9. The minimum Gasteiger partial charge on any atom is -0.462 e. The van der Waals surface area contributed by atoms with Gasteiger partial charge in [0, 0.05) is 48.0 Å². The van der Waals surface area contributed by atoms with Crippen molar-refractivity contribution in [3.05, 3.63) is 89.1 Å². The normalized spacial score (nSPS) is 19.0. The van der Waals surface area contributed by atoms with Crippen molar-refractivity contribution < 1.29 is 28.6 Å². The molecule has 1 amide bonds. The van der Waals surface area contributed by atoms with Crippen LogP contribution in [0.5, 0.6) is 11.5 Å². The van der Waals surface area contributed by atoms with Crippen LogP contribution in [0.3, 0.4) is 0 Å². The molecule has 9 nitrogen and oxygen atoms in total. The van der Waals surface area contributed by atoms with Crippen molar-refractivity contribution in [3.63, 3.8) is 0 Å². The molecule has 3 aliphatic rings. The Morgan fingerprint density at radius 2 is 1.67 bits per heavy atom. The van der Waals surface area contributed by atoms with Crippen molar-refractivity contribution in [2.24, 2.45) is 11.3 Å². The molecule has 1 spiro atoms. The number of carbonyl (C=O) groups excluding carboxylic acids is 3. The summed E-state index contributed by atoms with van der Waals surface area (Å²) in [5, 5.41) is 1.51. The molecule has 2 saturated heterocycles. The highest BCUT2D eigenvalue weighted by Crippen LogP contribution is 2.59. The first-order valence-corrected chi connectivity index (χ1v) is 18.5. The van der Waals surface area contributed by atoms with Gasteiger partial charge in [-0.25, -0.2) is 9.59 Å². The molecule has 1 unspecified atom stereocenters. The Bertz CT molecular complexity index is 1930. The molecule has 2 aliphatic heterocycles. The number of carbonyl (C=O) groups is 3. The average Bonchev–Trinajstić information content (AvgIpc) is 3.78. The number of β-lactam (4-membered cyclic amide) rings is 1. The third-order valence-electron chi connectivity index (χ3n) is 10.6. The number of esters is 1. The predicted molar refractivity (Wildman–Crippen MR) is 198 cm³/mol. The van der Waals surface area contributed by atoms with Crippen LogP contribution in [-0.4, -0.2) is 59.3 Å². The van der Waals surface area contributed by atoms with Crippen LogP contribution in [0, 0.1) is 11.3 Å². The second-order valence-electron chi connectivity index (χ2n) is 15.1. The van der Waals surface area contributed by atoms with Crippen LogP contribution in [0.15, 0.2) is 72.9 Å². The number of amides is 1. The Kier molecular flexibility index (Phi) is 9.52. The maximum atomic E-state index is 13.7. The van der Waals surface area contributed by atoms with Crippen LogP contribution in [0.2, 0.25) is 5.02 Å². The fourth-order valence-electron chi connectivity index (χ4n) is 8.18. The second-order valence-corrected chi connectivity index (χ2v) is 15.5. The summed E-state index contributed by atoms with van der Waals surface area (Å²) < 4.78 is 18.8. The van der Waals surface area contributed by atoms with Gasteiger partial charge in [0.15, 0.2) is 0 Å². The fourth-order valence-corrected chi connectivity index (χ4v) is 8.31. The minimum atomic E-state index is -0.617. The van der Waals surface area contributed by atoms with E-state index in [2.05, 4.69) is 21.9 Å². The zero-order valence-electron chi connectivity index (χ0n) is 29.8. The number of fused-ring (bicyclic) bond motifs is 1. The Labute approximate surface area is 304 Å². The van der Waals surface area contributed by atoms with E-state index in [1.165, 1.54) is 10.1 Å². The van der Waals surface area contributed by atoms with Crippen molar-refractivity contribution >= 4 is 46.2 Å². The van der Waals surface area contributed by atoms with Crippen LogP contribution in [0.4, 0.5) is 10.5 Å². The number of rotatable bonds is 8. The predicted octanol–water partition coefficient (Wildman–Crippen LogP) is 9.41. The third kappa shape index (κ3) is 6.93. The highest BCUT2D eigenvalue weighted by atomic mass is 35.5. The van der Waals surface area contributed by atoms with Crippen molar-refractivity contribution in [3.8, 4) is 11.5 Å². The number of ether oxygens (including phenoxy) is 3. The Hall–Kier alpha value is -4.50. The summed E-state index contributed by atoms with van der Waals surface area (Å²) in [6, 6.07) is 21.0. The van der Waals surface area contributed by atoms with Gasteiger partial charge in [-0.15, -0.1) is 0 Å². The third-order valence-corrected chi connectivity index (χ3v) is 10.8. The first kappa shape index (κ1) is 34.9. The standard InChI is InChI=1S/C41H46ClN3O6/c1-5-49-37(46)33-14-12-31(25-35(33)50-32-13-15-34-29(24-32)18-23-44(34)39(48)51-40(2,3)4)43-21-16-27(17-22-43)26-45-36(28-8-10-30(42)11-9-28)41(38(45)47)19-6-7-20-41/h8-15,18,23-25,27,36H,5-7,16-17,19-22,26H2,1-4H3. The van der Waals surface area contributed by atoms with E-state index in [4.69, 9.17) is 25.8 Å². The van der Waals surface area contributed by atoms with Gasteiger partial charge in [0.05, 0.1) is 23.6 Å². The molecule has 51 heavy (non-hydrogen) atoms.